The number of benzene rings is 2. The number of anilines is 2. The van der Waals surface area contributed by atoms with Gasteiger partial charge in [0.15, 0.2) is 17.3 Å². The monoisotopic (exact) mass is 474 g/mol. The Morgan fingerprint density at radius 2 is 1.82 bits per heavy atom. The smallest absolute Gasteiger partial charge is 0.407 e. The van der Waals surface area contributed by atoms with Gasteiger partial charge in [0.05, 0.1) is 43.1 Å². The number of amides is 1. The molecule has 0 saturated heterocycles. The third-order valence-electron chi connectivity index (χ3n) is 4.25. The molecular weight excluding hydrogens is 447 g/mol. The summed E-state index contributed by atoms with van der Waals surface area (Å²) in [5.41, 5.74) is 1.23. The Labute approximate surface area is 198 Å². The van der Waals surface area contributed by atoms with Crippen molar-refractivity contribution >= 4 is 34.7 Å². The Balaban J connectivity index is 2.02. The average molecular weight is 475 g/mol. The van der Waals surface area contributed by atoms with Crippen LogP contribution in [-0.2, 0) is 11.3 Å². The van der Waals surface area contributed by atoms with Crippen molar-refractivity contribution in [2.75, 3.05) is 31.4 Å². The molecule has 2 aromatic rings. The van der Waals surface area contributed by atoms with Crippen LogP contribution in [0.1, 0.15) is 31.9 Å². The molecule has 10 heteroatoms. The second-order valence-electron chi connectivity index (χ2n) is 7.93. The van der Waals surface area contributed by atoms with Gasteiger partial charge in [-0.3, -0.25) is 0 Å². The summed E-state index contributed by atoms with van der Waals surface area (Å²) in [7, 11) is 2.88. The highest BCUT2D eigenvalue weighted by atomic mass is 32.1. The molecule has 0 aliphatic rings. The van der Waals surface area contributed by atoms with Crippen molar-refractivity contribution in [2.45, 2.75) is 32.9 Å². The minimum atomic E-state index is -0.623. The molecule has 2 aromatic carbocycles. The summed E-state index contributed by atoms with van der Waals surface area (Å²) >= 11 is 5.31. The second kappa shape index (κ2) is 11.3. The van der Waals surface area contributed by atoms with E-state index in [4.69, 9.17) is 26.4 Å². The highest BCUT2D eigenvalue weighted by molar-refractivity contribution is 7.80. The van der Waals surface area contributed by atoms with Crippen LogP contribution in [0.4, 0.5) is 20.6 Å². The molecule has 0 saturated carbocycles. The Kier molecular flexibility index (Phi) is 8.82. The van der Waals surface area contributed by atoms with Crippen LogP contribution in [0.15, 0.2) is 30.3 Å². The summed E-state index contributed by atoms with van der Waals surface area (Å²) in [5.74, 6) is 0.102. The first-order chi connectivity index (χ1) is 15.6. The Hall–Kier alpha value is -3.58. The average Bonchev–Trinajstić information content (AvgIpc) is 2.76. The molecule has 2 rings (SSSR count). The topological polar surface area (TPSA) is 105 Å². The van der Waals surface area contributed by atoms with E-state index in [0.29, 0.717) is 27.6 Å². The molecule has 0 radical (unpaired) electrons. The van der Waals surface area contributed by atoms with Gasteiger partial charge in [-0.25, -0.2) is 9.18 Å². The van der Waals surface area contributed by atoms with Gasteiger partial charge in [-0.15, -0.1) is 0 Å². The number of nitrogens with one attached hydrogen (secondary N) is 3. The van der Waals surface area contributed by atoms with E-state index in [2.05, 4.69) is 22.0 Å². The van der Waals surface area contributed by atoms with E-state index >= 15 is 0 Å². The molecule has 0 aliphatic heterocycles. The Bertz CT molecular complexity index is 1060. The molecule has 176 valence electrons. The molecule has 0 fully saturated rings. The largest absolute Gasteiger partial charge is 0.493 e. The Morgan fingerprint density at radius 3 is 2.42 bits per heavy atom. The minimum absolute atomic E-state index is 0.118. The number of rotatable bonds is 8. The standard InChI is InChI=1S/C23H27FN4O4S/c1-23(2,3)32-22(29)27-12-15-8-16(7-6-14(15)11-25)26-13-21(33)28-18-10-20(31-5)19(30-4)9-17(18)24/h6-10,26H,12-13H2,1-5H3,(H,27,29)(H,28,33). The molecule has 0 bridgehead atoms. The van der Waals surface area contributed by atoms with Crippen LogP contribution in [0.5, 0.6) is 11.5 Å². The van der Waals surface area contributed by atoms with Crippen molar-refractivity contribution in [3.05, 3.63) is 47.3 Å². The van der Waals surface area contributed by atoms with Crippen LogP contribution in [-0.4, -0.2) is 37.4 Å². The van der Waals surface area contributed by atoms with E-state index < -0.39 is 17.5 Å². The van der Waals surface area contributed by atoms with Crippen LogP contribution in [0.3, 0.4) is 0 Å². The molecule has 0 heterocycles. The first-order valence-corrected chi connectivity index (χ1v) is 10.4. The maximum Gasteiger partial charge on any atom is 0.407 e. The lowest BCUT2D eigenvalue weighted by molar-refractivity contribution is 0.0523. The van der Waals surface area contributed by atoms with Crippen LogP contribution in [0.2, 0.25) is 0 Å². The van der Waals surface area contributed by atoms with Crippen molar-refractivity contribution in [3.8, 4) is 17.6 Å². The number of hydrogen-bond donors (Lipinski definition) is 3. The van der Waals surface area contributed by atoms with Gasteiger partial charge in [-0.2, -0.15) is 5.26 Å². The maximum atomic E-state index is 14.3. The zero-order valence-corrected chi connectivity index (χ0v) is 20.0. The SMILES string of the molecule is COc1cc(F)c(NC(=S)CNc2ccc(C#N)c(CNC(=O)OC(C)(C)C)c2)cc1OC. The van der Waals surface area contributed by atoms with Gasteiger partial charge >= 0.3 is 6.09 Å². The number of carbonyl (C=O) groups excluding carboxylic acids is 1. The minimum Gasteiger partial charge on any atom is -0.493 e. The molecule has 0 aliphatic carbocycles. The van der Waals surface area contributed by atoms with Crippen LogP contribution in [0.25, 0.3) is 0 Å². The van der Waals surface area contributed by atoms with Gasteiger partial charge in [-0.1, -0.05) is 12.2 Å². The van der Waals surface area contributed by atoms with Gasteiger partial charge in [0.2, 0.25) is 0 Å². The van der Waals surface area contributed by atoms with Gasteiger partial charge in [0.25, 0.3) is 0 Å². The highest BCUT2D eigenvalue weighted by Crippen LogP contribution is 2.32. The molecule has 33 heavy (non-hydrogen) atoms. The van der Waals surface area contributed by atoms with E-state index in [1.165, 1.54) is 26.4 Å². The predicted molar refractivity (Wildman–Crippen MR) is 128 cm³/mol. The fourth-order valence-corrected chi connectivity index (χ4v) is 2.95. The lowest BCUT2D eigenvalue weighted by atomic mass is 10.1. The number of alkyl carbamates (subject to hydrolysis) is 1. The number of hydrogen-bond acceptors (Lipinski definition) is 7. The van der Waals surface area contributed by atoms with Crippen molar-refractivity contribution < 1.29 is 23.4 Å². The van der Waals surface area contributed by atoms with Crippen LogP contribution < -0.4 is 25.4 Å². The van der Waals surface area contributed by atoms with Crippen molar-refractivity contribution in [1.82, 2.24) is 5.32 Å². The predicted octanol–water partition coefficient (Wildman–Crippen LogP) is 4.59. The summed E-state index contributed by atoms with van der Waals surface area (Å²) < 4.78 is 29.8. The van der Waals surface area contributed by atoms with Crippen LogP contribution >= 0.6 is 12.2 Å². The highest BCUT2D eigenvalue weighted by Gasteiger charge is 2.16. The normalized spacial score (nSPS) is 10.6. The second-order valence-corrected chi connectivity index (χ2v) is 8.42. The van der Waals surface area contributed by atoms with Crippen molar-refractivity contribution in [2.24, 2.45) is 0 Å². The van der Waals surface area contributed by atoms with Gasteiger partial charge in [0, 0.05) is 24.4 Å². The zero-order chi connectivity index (χ0) is 24.6. The maximum absolute atomic E-state index is 14.3. The van der Waals surface area contributed by atoms with E-state index in [-0.39, 0.29) is 24.5 Å². The van der Waals surface area contributed by atoms with E-state index in [1.807, 2.05) is 0 Å². The van der Waals surface area contributed by atoms with E-state index in [1.54, 1.807) is 39.0 Å². The molecule has 1 amide bonds. The molecule has 8 nitrogen and oxygen atoms in total. The number of carbonyl (C=O) groups is 1. The number of nitrogens with zero attached hydrogens (tertiary/aromatic N) is 1. The Morgan fingerprint density at radius 1 is 1.15 bits per heavy atom. The summed E-state index contributed by atoms with van der Waals surface area (Å²) in [6, 6.07) is 9.85. The fourth-order valence-electron chi connectivity index (χ4n) is 2.77. The third kappa shape index (κ3) is 7.80. The lowest BCUT2D eigenvalue weighted by Gasteiger charge is -2.20. The first-order valence-electron chi connectivity index (χ1n) is 10.0. The summed E-state index contributed by atoms with van der Waals surface area (Å²) in [6.45, 7) is 5.62. The van der Waals surface area contributed by atoms with Gasteiger partial charge < -0.3 is 30.2 Å². The number of methoxy groups -OCH3 is 2. The van der Waals surface area contributed by atoms with Crippen molar-refractivity contribution in [3.63, 3.8) is 0 Å². The summed E-state index contributed by atoms with van der Waals surface area (Å²) in [6.07, 6.45) is -0.577. The van der Waals surface area contributed by atoms with E-state index in [9.17, 15) is 14.4 Å². The number of halogens is 1. The number of ether oxygens (including phenoxy) is 3. The quantitative estimate of drug-likeness (QED) is 0.477. The fraction of sp³-hybridized carbons (Fsp3) is 0.348. The summed E-state index contributed by atoms with van der Waals surface area (Å²) in [5, 5.41) is 17.9. The molecule has 0 aromatic heterocycles. The van der Waals surface area contributed by atoms with Gasteiger partial charge in [-0.05, 0) is 44.5 Å². The van der Waals surface area contributed by atoms with Crippen LogP contribution in [0, 0.1) is 17.1 Å². The zero-order valence-electron chi connectivity index (χ0n) is 19.2. The third-order valence-corrected chi connectivity index (χ3v) is 4.49. The van der Waals surface area contributed by atoms with E-state index in [0.717, 1.165) is 0 Å². The lowest BCUT2D eigenvalue weighted by Crippen LogP contribution is -2.32. The molecule has 0 unspecified atom stereocenters. The molecule has 0 atom stereocenters. The first kappa shape index (κ1) is 25.7. The van der Waals surface area contributed by atoms with Crippen molar-refractivity contribution in [1.29, 1.82) is 5.26 Å². The molecule has 0 spiro atoms. The molecule has 3 N–H and O–H groups in total. The molecular formula is C23H27FN4O4S. The summed E-state index contributed by atoms with van der Waals surface area (Å²) in [4.78, 5) is 12.2. The number of thiocarbonyl (C=S) groups is 1. The van der Waals surface area contributed by atoms with Gasteiger partial charge in [0.1, 0.15) is 5.60 Å². The number of nitriles is 1.